The maximum absolute atomic E-state index is 12.0. The number of carbonyl (C=O) groups is 2. The largest absolute Gasteiger partial charge is 0.495 e. The van der Waals surface area contributed by atoms with Crippen LogP contribution in [0.25, 0.3) is 0 Å². The topological polar surface area (TPSA) is 76.7 Å². The van der Waals surface area contributed by atoms with Crippen LogP contribution in [-0.2, 0) is 9.59 Å². The Labute approximate surface area is 155 Å². The van der Waals surface area contributed by atoms with Crippen LogP contribution in [0.4, 0.5) is 11.4 Å². The molecule has 0 fully saturated rings. The molecule has 2 amide bonds. The molecular weight excluding hydrogens is 367 g/mol. The van der Waals surface area contributed by atoms with Crippen LogP contribution in [0.2, 0.25) is 10.0 Å². The fraction of sp³-hybridized carbons (Fsp3) is 0.176. The lowest BCUT2D eigenvalue weighted by Gasteiger charge is -2.12. The molecule has 0 aliphatic heterocycles. The van der Waals surface area contributed by atoms with Crippen molar-refractivity contribution in [3.8, 4) is 11.5 Å². The molecule has 0 spiro atoms. The van der Waals surface area contributed by atoms with E-state index >= 15 is 0 Å². The van der Waals surface area contributed by atoms with Gasteiger partial charge in [-0.05, 0) is 36.4 Å². The maximum atomic E-state index is 12.0. The van der Waals surface area contributed by atoms with E-state index in [1.807, 2.05) is 0 Å². The molecule has 0 radical (unpaired) electrons. The smallest absolute Gasteiger partial charge is 0.262 e. The minimum atomic E-state index is -0.384. The summed E-state index contributed by atoms with van der Waals surface area (Å²) in [6.45, 7) is 1.15. The van der Waals surface area contributed by atoms with Crippen LogP contribution < -0.4 is 20.1 Å². The first-order valence-corrected chi connectivity index (χ1v) is 7.98. The van der Waals surface area contributed by atoms with Crippen LogP contribution in [0.5, 0.6) is 11.5 Å². The van der Waals surface area contributed by atoms with E-state index in [1.165, 1.54) is 20.1 Å². The fourth-order valence-corrected chi connectivity index (χ4v) is 2.47. The summed E-state index contributed by atoms with van der Waals surface area (Å²) in [4.78, 5) is 23.3. The molecule has 8 heteroatoms. The summed E-state index contributed by atoms with van der Waals surface area (Å²) >= 11 is 11.8. The number of benzene rings is 2. The zero-order valence-corrected chi connectivity index (χ0v) is 15.1. The van der Waals surface area contributed by atoms with E-state index in [-0.39, 0.29) is 18.4 Å². The van der Waals surface area contributed by atoms with Gasteiger partial charge in [-0.25, -0.2) is 0 Å². The Hall–Kier alpha value is -2.44. The third-order valence-electron chi connectivity index (χ3n) is 3.05. The summed E-state index contributed by atoms with van der Waals surface area (Å²) in [6, 6.07) is 9.60. The third kappa shape index (κ3) is 5.55. The van der Waals surface area contributed by atoms with E-state index in [1.54, 1.807) is 30.3 Å². The molecule has 25 heavy (non-hydrogen) atoms. The summed E-state index contributed by atoms with van der Waals surface area (Å²) in [5.74, 6) is 0.208. The van der Waals surface area contributed by atoms with Crippen molar-refractivity contribution in [3.63, 3.8) is 0 Å². The third-order valence-corrected chi connectivity index (χ3v) is 3.58. The van der Waals surface area contributed by atoms with Crippen molar-refractivity contribution in [2.75, 3.05) is 24.4 Å². The second kappa shape index (κ2) is 8.60. The summed E-state index contributed by atoms with van der Waals surface area (Å²) in [6.07, 6.45) is 0. The number of rotatable bonds is 6. The van der Waals surface area contributed by atoms with Crippen molar-refractivity contribution >= 4 is 46.4 Å². The van der Waals surface area contributed by atoms with E-state index in [4.69, 9.17) is 32.7 Å². The highest BCUT2D eigenvalue weighted by Crippen LogP contribution is 2.29. The van der Waals surface area contributed by atoms with Gasteiger partial charge in [0, 0.05) is 17.6 Å². The molecule has 0 unspecified atom stereocenters. The lowest BCUT2D eigenvalue weighted by molar-refractivity contribution is -0.118. The van der Waals surface area contributed by atoms with E-state index in [2.05, 4.69) is 10.6 Å². The summed E-state index contributed by atoms with van der Waals surface area (Å²) in [7, 11) is 1.49. The number of hydrogen-bond acceptors (Lipinski definition) is 4. The Kier molecular flexibility index (Phi) is 6.50. The molecule has 2 aromatic rings. The second-order valence-corrected chi connectivity index (χ2v) is 5.85. The van der Waals surface area contributed by atoms with E-state index in [0.717, 1.165) is 0 Å². The number of anilines is 2. The van der Waals surface area contributed by atoms with E-state index < -0.39 is 0 Å². The van der Waals surface area contributed by atoms with Gasteiger partial charge in [-0.2, -0.15) is 0 Å². The monoisotopic (exact) mass is 382 g/mol. The van der Waals surface area contributed by atoms with Gasteiger partial charge in [0.1, 0.15) is 11.5 Å². The van der Waals surface area contributed by atoms with Crippen molar-refractivity contribution in [3.05, 3.63) is 46.4 Å². The van der Waals surface area contributed by atoms with E-state index in [0.29, 0.717) is 32.9 Å². The van der Waals surface area contributed by atoms with Crippen molar-refractivity contribution in [2.45, 2.75) is 6.92 Å². The van der Waals surface area contributed by atoms with Gasteiger partial charge in [0.15, 0.2) is 6.61 Å². The number of nitrogens with one attached hydrogen (secondary N) is 2. The Balaban J connectivity index is 2.01. The highest BCUT2D eigenvalue weighted by molar-refractivity contribution is 6.35. The lowest BCUT2D eigenvalue weighted by atomic mass is 10.2. The minimum absolute atomic E-state index is 0.233. The normalized spacial score (nSPS) is 10.1. The summed E-state index contributed by atoms with van der Waals surface area (Å²) in [5, 5.41) is 6.09. The first-order chi connectivity index (χ1) is 11.9. The van der Waals surface area contributed by atoms with Gasteiger partial charge in [0.25, 0.3) is 5.91 Å². The van der Waals surface area contributed by atoms with Crippen molar-refractivity contribution in [2.24, 2.45) is 0 Å². The van der Waals surface area contributed by atoms with Gasteiger partial charge in [0.05, 0.1) is 17.8 Å². The van der Waals surface area contributed by atoms with Gasteiger partial charge in [-0.15, -0.1) is 0 Å². The lowest BCUT2D eigenvalue weighted by Crippen LogP contribution is -2.20. The highest BCUT2D eigenvalue weighted by Gasteiger charge is 2.10. The minimum Gasteiger partial charge on any atom is -0.495 e. The number of carbonyl (C=O) groups excluding carboxylic acids is 2. The standard InChI is InChI=1S/C17H16Cl2N2O4/c1-10(22)20-14-8-12(4-6-16(14)24-2)21-17(23)9-25-15-5-3-11(18)7-13(15)19/h3-8H,9H2,1-2H3,(H,20,22)(H,21,23). The van der Waals surface area contributed by atoms with Crippen molar-refractivity contribution < 1.29 is 19.1 Å². The molecule has 0 atom stereocenters. The zero-order valence-electron chi connectivity index (χ0n) is 13.6. The molecule has 2 N–H and O–H groups in total. The number of amides is 2. The number of hydrogen-bond donors (Lipinski definition) is 2. The quantitative estimate of drug-likeness (QED) is 0.791. The van der Waals surface area contributed by atoms with Crippen LogP contribution in [-0.4, -0.2) is 25.5 Å². The predicted molar refractivity (Wildman–Crippen MR) is 97.9 cm³/mol. The number of ether oxygens (including phenoxy) is 2. The highest BCUT2D eigenvalue weighted by atomic mass is 35.5. The van der Waals surface area contributed by atoms with Crippen molar-refractivity contribution in [1.29, 1.82) is 0 Å². The maximum Gasteiger partial charge on any atom is 0.262 e. The molecule has 132 valence electrons. The molecule has 6 nitrogen and oxygen atoms in total. The Morgan fingerprint density at radius 2 is 1.76 bits per heavy atom. The van der Waals surface area contributed by atoms with Gasteiger partial charge in [-0.3, -0.25) is 9.59 Å². The second-order valence-electron chi connectivity index (χ2n) is 5.01. The van der Waals surface area contributed by atoms with Gasteiger partial charge >= 0.3 is 0 Å². The Morgan fingerprint density at radius 3 is 2.40 bits per heavy atom. The molecule has 2 aromatic carbocycles. The van der Waals surface area contributed by atoms with Crippen molar-refractivity contribution in [1.82, 2.24) is 0 Å². The van der Waals surface area contributed by atoms with E-state index in [9.17, 15) is 9.59 Å². The first-order valence-electron chi connectivity index (χ1n) is 7.22. The Bertz CT molecular complexity index is 796. The Morgan fingerprint density at radius 1 is 1.04 bits per heavy atom. The van der Waals surface area contributed by atoms with Crippen LogP contribution >= 0.6 is 23.2 Å². The zero-order chi connectivity index (χ0) is 18.4. The van der Waals surface area contributed by atoms with Gasteiger partial charge in [0.2, 0.25) is 5.91 Å². The fourth-order valence-electron chi connectivity index (χ4n) is 2.01. The summed E-state index contributed by atoms with van der Waals surface area (Å²) in [5.41, 5.74) is 0.940. The average molecular weight is 383 g/mol. The van der Waals surface area contributed by atoms with Gasteiger partial charge in [-0.1, -0.05) is 23.2 Å². The molecule has 0 bridgehead atoms. The van der Waals surface area contributed by atoms with Crippen LogP contribution in [0.15, 0.2) is 36.4 Å². The molecule has 2 rings (SSSR count). The van der Waals surface area contributed by atoms with Gasteiger partial charge < -0.3 is 20.1 Å². The van der Waals surface area contributed by atoms with Crippen LogP contribution in [0.3, 0.4) is 0 Å². The molecule has 0 aromatic heterocycles. The molecule has 0 saturated carbocycles. The number of halogens is 2. The SMILES string of the molecule is COc1ccc(NC(=O)COc2ccc(Cl)cc2Cl)cc1NC(C)=O. The van der Waals surface area contributed by atoms with Crippen LogP contribution in [0.1, 0.15) is 6.92 Å². The average Bonchev–Trinajstić information content (AvgIpc) is 2.54. The first kappa shape index (κ1) is 18.9. The predicted octanol–water partition coefficient (Wildman–Crippen LogP) is 3.98. The molecule has 0 aliphatic rings. The van der Waals surface area contributed by atoms with Crippen LogP contribution in [0, 0.1) is 0 Å². The molecule has 0 heterocycles. The molecular formula is C17H16Cl2N2O4. The number of methoxy groups -OCH3 is 1. The molecule has 0 aliphatic carbocycles. The summed E-state index contributed by atoms with van der Waals surface area (Å²) < 4.78 is 10.5. The molecule has 0 saturated heterocycles.